The zero-order chi connectivity index (χ0) is 15.1. The average molecular weight is 317 g/mol. The summed E-state index contributed by atoms with van der Waals surface area (Å²) in [5.41, 5.74) is 0.0954. The summed E-state index contributed by atoms with van der Waals surface area (Å²) in [4.78, 5) is 16.6. The van der Waals surface area contributed by atoms with E-state index in [1.54, 1.807) is 4.90 Å². The molecule has 2 aliphatic rings. The number of likely N-dealkylation sites (N-methyl/N-ethyl adjacent to an activating group) is 1. The first kappa shape index (κ1) is 14.5. The molecule has 4 nitrogen and oxygen atoms in total. The van der Waals surface area contributed by atoms with Crippen LogP contribution in [0.3, 0.4) is 0 Å². The van der Waals surface area contributed by atoms with Crippen LogP contribution < -0.4 is 4.74 Å². The molecule has 2 bridgehead atoms. The van der Waals surface area contributed by atoms with Crippen LogP contribution in [-0.4, -0.2) is 54.5 Å². The van der Waals surface area contributed by atoms with Gasteiger partial charge in [0.15, 0.2) is 0 Å². The molecule has 3 rings (SSSR count). The lowest BCUT2D eigenvalue weighted by atomic mass is 10.1. The van der Waals surface area contributed by atoms with Gasteiger partial charge in [0, 0.05) is 30.2 Å². The highest BCUT2D eigenvalue weighted by molar-refractivity contribution is 6.31. The molecule has 0 N–H and O–H groups in total. The number of rotatable bonds is 3. The number of hydrogen-bond acceptors (Lipinski definition) is 3. The molecule has 2 aliphatic heterocycles. The molecule has 2 heterocycles. The lowest BCUT2D eigenvalue weighted by Crippen LogP contribution is -2.47. The normalized spacial score (nSPS) is 24.9. The van der Waals surface area contributed by atoms with E-state index in [-0.39, 0.29) is 23.3 Å². The van der Waals surface area contributed by atoms with Crippen LogP contribution in [0.5, 0.6) is 5.75 Å². The van der Waals surface area contributed by atoms with Crippen LogP contribution >= 0.6 is 11.6 Å². The summed E-state index contributed by atoms with van der Waals surface area (Å²) < 4.78 is 29.3. The standard InChI is InChI=1S/C14H15ClF2N2O2/c1-18-6-10-5-9(18)7-19(10)13(20)11-4-8(15)2-3-12(11)21-14(16)17/h2-4,9-10,14H,5-7H2,1H3/t9-,10-/m0/s1. The number of carbonyl (C=O) groups is 1. The van der Waals surface area contributed by atoms with Gasteiger partial charge < -0.3 is 9.64 Å². The number of nitrogens with zero attached hydrogens (tertiary/aromatic N) is 2. The number of halogens is 3. The van der Waals surface area contributed by atoms with Gasteiger partial charge >= 0.3 is 6.61 Å². The quantitative estimate of drug-likeness (QED) is 0.859. The highest BCUT2D eigenvalue weighted by atomic mass is 35.5. The van der Waals surface area contributed by atoms with Crippen LogP contribution in [-0.2, 0) is 0 Å². The number of hydrogen-bond donors (Lipinski definition) is 0. The maximum atomic E-state index is 12.6. The van der Waals surface area contributed by atoms with Crippen LogP contribution in [0.15, 0.2) is 18.2 Å². The van der Waals surface area contributed by atoms with Crippen molar-refractivity contribution < 1.29 is 18.3 Å². The molecule has 0 aliphatic carbocycles. The Morgan fingerprint density at radius 2 is 2.14 bits per heavy atom. The van der Waals surface area contributed by atoms with Gasteiger partial charge in [0.1, 0.15) is 5.75 Å². The summed E-state index contributed by atoms with van der Waals surface area (Å²) in [5.74, 6) is -0.427. The van der Waals surface area contributed by atoms with Crippen molar-refractivity contribution in [3.63, 3.8) is 0 Å². The van der Waals surface area contributed by atoms with Crippen molar-refractivity contribution in [2.75, 3.05) is 20.1 Å². The Labute approximate surface area is 126 Å². The van der Waals surface area contributed by atoms with Crippen LogP contribution in [0, 0.1) is 0 Å². The Bertz CT molecular complexity index is 568. The van der Waals surface area contributed by atoms with E-state index < -0.39 is 6.61 Å². The van der Waals surface area contributed by atoms with E-state index in [1.807, 2.05) is 7.05 Å². The lowest BCUT2D eigenvalue weighted by Gasteiger charge is -2.32. The second-order valence-electron chi connectivity index (χ2n) is 5.46. The van der Waals surface area contributed by atoms with Gasteiger partial charge in [-0.25, -0.2) is 0 Å². The molecular formula is C14H15ClF2N2O2. The van der Waals surface area contributed by atoms with Crippen molar-refractivity contribution in [2.45, 2.75) is 25.1 Å². The number of amides is 1. The zero-order valence-electron chi connectivity index (χ0n) is 11.4. The molecule has 2 fully saturated rings. The van der Waals surface area contributed by atoms with Crippen LogP contribution in [0.25, 0.3) is 0 Å². The number of alkyl halides is 2. The van der Waals surface area contributed by atoms with E-state index in [9.17, 15) is 13.6 Å². The molecule has 114 valence electrons. The van der Waals surface area contributed by atoms with E-state index in [1.165, 1.54) is 18.2 Å². The summed E-state index contributed by atoms with van der Waals surface area (Å²) in [6.45, 7) is -1.55. The fraction of sp³-hybridized carbons (Fsp3) is 0.500. The highest BCUT2D eigenvalue weighted by Gasteiger charge is 2.44. The second-order valence-corrected chi connectivity index (χ2v) is 5.90. The molecule has 1 aromatic rings. The van der Waals surface area contributed by atoms with Gasteiger partial charge in [-0.3, -0.25) is 9.69 Å². The van der Waals surface area contributed by atoms with E-state index in [4.69, 9.17) is 11.6 Å². The third-order valence-electron chi connectivity index (χ3n) is 4.16. The van der Waals surface area contributed by atoms with Crippen molar-refractivity contribution in [3.8, 4) is 5.75 Å². The number of piperazine rings is 1. The van der Waals surface area contributed by atoms with Gasteiger partial charge in [0.05, 0.1) is 5.56 Å². The first-order chi connectivity index (χ1) is 9.95. The third kappa shape index (κ3) is 2.70. The predicted molar refractivity (Wildman–Crippen MR) is 73.9 cm³/mol. The number of carbonyl (C=O) groups excluding carboxylic acids is 1. The minimum atomic E-state index is -2.97. The Balaban J connectivity index is 1.86. The molecule has 1 aromatic carbocycles. The molecule has 7 heteroatoms. The van der Waals surface area contributed by atoms with Crippen molar-refractivity contribution in [1.82, 2.24) is 9.80 Å². The topological polar surface area (TPSA) is 32.8 Å². The number of fused-ring (bicyclic) bond motifs is 2. The Morgan fingerprint density at radius 1 is 1.38 bits per heavy atom. The highest BCUT2D eigenvalue weighted by Crippen LogP contribution is 2.33. The van der Waals surface area contributed by atoms with Crippen molar-refractivity contribution in [2.24, 2.45) is 0 Å². The zero-order valence-corrected chi connectivity index (χ0v) is 12.2. The largest absolute Gasteiger partial charge is 0.434 e. The van der Waals surface area contributed by atoms with Gasteiger partial charge in [-0.1, -0.05) is 11.6 Å². The smallest absolute Gasteiger partial charge is 0.387 e. The molecule has 0 spiro atoms. The summed E-state index contributed by atoms with van der Waals surface area (Å²) in [6.07, 6.45) is 0.924. The molecule has 0 aromatic heterocycles. The van der Waals surface area contributed by atoms with Gasteiger partial charge in [-0.2, -0.15) is 8.78 Å². The van der Waals surface area contributed by atoms with Crippen molar-refractivity contribution >= 4 is 17.5 Å². The monoisotopic (exact) mass is 316 g/mol. The van der Waals surface area contributed by atoms with Crippen LogP contribution in [0.2, 0.25) is 5.02 Å². The van der Waals surface area contributed by atoms with Gasteiger partial charge in [-0.05, 0) is 31.7 Å². The minimum Gasteiger partial charge on any atom is -0.434 e. The van der Waals surface area contributed by atoms with Gasteiger partial charge in [0.2, 0.25) is 0 Å². The number of ether oxygens (including phenoxy) is 1. The molecule has 21 heavy (non-hydrogen) atoms. The molecule has 2 saturated heterocycles. The molecule has 2 atom stereocenters. The predicted octanol–water partition coefficient (Wildman–Crippen LogP) is 2.47. The van der Waals surface area contributed by atoms with E-state index >= 15 is 0 Å². The molecule has 0 saturated carbocycles. The minimum absolute atomic E-state index is 0.0954. The number of benzene rings is 1. The maximum absolute atomic E-state index is 12.6. The van der Waals surface area contributed by atoms with Crippen molar-refractivity contribution in [1.29, 1.82) is 0 Å². The maximum Gasteiger partial charge on any atom is 0.387 e. The van der Waals surface area contributed by atoms with Crippen LogP contribution in [0.1, 0.15) is 16.8 Å². The Hall–Kier alpha value is -1.40. The van der Waals surface area contributed by atoms with E-state index in [2.05, 4.69) is 9.64 Å². The number of likely N-dealkylation sites (tertiary alicyclic amines) is 2. The Morgan fingerprint density at radius 3 is 2.71 bits per heavy atom. The van der Waals surface area contributed by atoms with Crippen molar-refractivity contribution in [3.05, 3.63) is 28.8 Å². The molecule has 0 radical (unpaired) electrons. The Kier molecular flexibility index (Phi) is 3.75. The third-order valence-corrected chi connectivity index (χ3v) is 4.40. The first-order valence-electron chi connectivity index (χ1n) is 6.71. The SMILES string of the molecule is CN1C[C@@H]2C[C@H]1CN2C(=O)c1cc(Cl)ccc1OC(F)F. The fourth-order valence-corrected chi connectivity index (χ4v) is 3.31. The van der Waals surface area contributed by atoms with E-state index in [0.29, 0.717) is 17.6 Å². The summed E-state index contributed by atoms with van der Waals surface area (Å²) in [7, 11) is 2.03. The average Bonchev–Trinajstić information content (AvgIpc) is 2.98. The van der Waals surface area contributed by atoms with Gasteiger partial charge in [0.25, 0.3) is 5.91 Å². The second kappa shape index (κ2) is 5.42. The lowest BCUT2D eigenvalue weighted by molar-refractivity contribution is -0.0503. The first-order valence-corrected chi connectivity index (χ1v) is 7.09. The van der Waals surface area contributed by atoms with E-state index in [0.717, 1.165) is 13.0 Å². The van der Waals surface area contributed by atoms with Crippen LogP contribution in [0.4, 0.5) is 8.78 Å². The summed E-state index contributed by atoms with van der Waals surface area (Å²) in [6, 6.07) is 4.60. The molecule has 1 amide bonds. The summed E-state index contributed by atoms with van der Waals surface area (Å²) in [5, 5.41) is 0.321. The summed E-state index contributed by atoms with van der Waals surface area (Å²) >= 11 is 5.88. The molecular weight excluding hydrogens is 302 g/mol. The van der Waals surface area contributed by atoms with Gasteiger partial charge in [-0.15, -0.1) is 0 Å². The fourth-order valence-electron chi connectivity index (χ4n) is 3.14. The molecule has 0 unspecified atom stereocenters.